The van der Waals surface area contributed by atoms with Crippen LogP contribution in [0.15, 0.2) is 59.8 Å². The standard InChI is InChI=1S/C23H23NO4/c1-27-20-9-8-15(12-21(20)28-2)17-13-22(26)24-18-10-16(11-19(25)23(17)18)14-6-4-3-5-7-14/h3-9,12,16-17H,10-11,13H2,1-2H3,(H,24,26)/t16-,17-/m1/s1. The van der Waals surface area contributed by atoms with Gasteiger partial charge < -0.3 is 14.8 Å². The Balaban J connectivity index is 1.72. The Hall–Kier alpha value is -3.08. The van der Waals surface area contributed by atoms with E-state index in [9.17, 15) is 9.59 Å². The summed E-state index contributed by atoms with van der Waals surface area (Å²) >= 11 is 0. The smallest absolute Gasteiger partial charge is 0.225 e. The number of allylic oxidation sites excluding steroid dienone is 2. The first-order chi connectivity index (χ1) is 13.6. The van der Waals surface area contributed by atoms with Gasteiger partial charge in [-0.1, -0.05) is 36.4 Å². The van der Waals surface area contributed by atoms with E-state index < -0.39 is 0 Å². The summed E-state index contributed by atoms with van der Waals surface area (Å²) in [5.41, 5.74) is 3.52. The Morgan fingerprint density at radius 1 is 0.857 bits per heavy atom. The van der Waals surface area contributed by atoms with Gasteiger partial charge in [0.2, 0.25) is 5.91 Å². The fourth-order valence-electron chi connectivity index (χ4n) is 4.28. The maximum atomic E-state index is 13.1. The predicted molar refractivity (Wildman–Crippen MR) is 105 cm³/mol. The summed E-state index contributed by atoms with van der Waals surface area (Å²) in [6.07, 6.45) is 1.39. The molecule has 4 rings (SSSR count). The summed E-state index contributed by atoms with van der Waals surface area (Å²) in [5, 5.41) is 2.96. The van der Waals surface area contributed by atoms with E-state index in [0.29, 0.717) is 24.3 Å². The van der Waals surface area contributed by atoms with Crippen molar-refractivity contribution < 1.29 is 19.1 Å². The van der Waals surface area contributed by atoms with Crippen molar-refractivity contribution in [1.82, 2.24) is 5.32 Å². The summed E-state index contributed by atoms with van der Waals surface area (Å²) in [5.74, 6) is 1.11. The molecule has 1 aliphatic carbocycles. The second kappa shape index (κ2) is 7.50. The molecule has 1 heterocycles. The fraction of sp³-hybridized carbons (Fsp3) is 0.304. The second-order valence-electron chi connectivity index (χ2n) is 7.25. The number of carbonyl (C=O) groups excluding carboxylic acids is 2. The molecule has 0 spiro atoms. The zero-order valence-corrected chi connectivity index (χ0v) is 16.0. The van der Waals surface area contributed by atoms with Gasteiger partial charge in [0, 0.05) is 30.0 Å². The molecule has 2 aromatic carbocycles. The van der Waals surface area contributed by atoms with Crippen LogP contribution >= 0.6 is 0 Å². The minimum Gasteiger partial charge on any atom is -0.493 e. The molecular formula is C23H23NO4. The molecule has 28 heavy (non-hydrogen) atoms. The van der Waals surface area contributed by atoms with Crippen LogP contribution < -0.4 is 14.8 Å². The van der Waals surface area contributed by atoms with Gasteiger partial charge in [-0.05, 0) is 35.6 Å². The number of ether oxygens (including phenoxy) is 2. The Kier molecular flexibility index (Phi) is 4.90. The molecule has 5 nitrogen and oxygen atoms in total. The largest absolute Gasteiger partial charge is 0.493 e. The van der Waals surface area contributed by atoms with Crippen molar-refractivity contribution in [3.05, 3.63) is 70.9 Å². The van der Waals surface area contributed by atoms with Gasteiger partial charge in [0.1, 0.15) is 0 Å². The number of hydrogen-bond donors (Lipinski definition) is 1. The lowest BCUT2D eigenvalue weighted by molar-refractivity contribution is -0.122. The molecule has 1 amide bonds. The normalized spacial score (nSPS) is 21.8. The van der Waals surface area contributed by atoms with Crippen LogP contribution in [0.2, 0.25) is 0 Å². The quantitative estimate of drug-likeness (QED) is 0.882. The minimum absolute atomic E-state index is 0.0555. The number of hydrogen-bond acceptors (Lipinski definition) is 4. The highest BCUT2D eigenvalue weighted by Crippen LogP contribution is 2.43. The van der Waals surface area contributed by atoms with Crippen LogP contribution in [0.25, 0.3) is 0 Å². The zero-order chi connectivity index (χ0) is 19.7. The van der Waals surface area contributed by atoms with Crippen LogP contribution in [0.5, 0.6) is 11.5 Å². The summed E-state index contributed by atoms with van der Waals surface area (Å²) in [6, 6.07) is 15.6. The van der Waals surface area contributed by atoms with Crippen molar-refractivity contribution in [3.8, 4) is 11.5 Å². The van der Waals surface area contributed by atoms with Crippen molar-refractivity contribution in [3.63, 3.8) is 0 Å². The monoisotopic (exact) mass is 377 g/mol. The Morgan fingerprint density at radius 2 is 1.61 bits per heavy atom. The van der Waals surface area contributed by atoms with E-state index in [2.05, 4.69) is 5.32 Å². The molecule has 0 bridgehead atoms. The SMILES string of the molecule is COc1ccc([C@H]2CC(=O)NC3=C2C(=O)C[C@H](c2ccccc2)C3)cc1OC. The molecule has 2 atom stereocenters. The van der Waals surface area contributed by atoms with Gasteiger partial charge in [0.15, 0.2) is 17.3 Å². The minimum atomic E-state index is -0.257. The first-order valence-electron chi connectivity index (χ1n) is 9.43. The highest BCUT2D eigenvalue weighted by atomic mass is 16.5. The Labute approximate surface area is 164 Å². The summed E-state index contributed by atoms with van der Waals surface area (Å²) < 4.78 is 10.7. The van der Waals surface area contributed by atoms with E-state index in [-0.39, 0.29) is 29.9 Å². The molecule has 0 radical (unpaired) electrons. The number of carbonyl (C=O) groups is 2. The van der Waals surface area contributed by atoms with Crippen molar-refractivity contribution >= 4 is 11.7 Å². The zero-order valence-electron chi connectivity index (χ0n) is 16.0. The van der Waals surface area contributed by atoms with Crippen LogP contribution in [-0.4, -0.2) is 25.9 Å². The van der Waals surface area contributed by atoms with Crippen LogP contribution in [0.3, 0.4) is 0 Å². The lowest BCUT2D eigenvalue weighted by Gasteiger charge is -2.34. The number of nitrogens with one attached hydrogen (secondary N) is 1. The maximum absolute atomic E-state index is 13.1. The van der Waals surface area contributed by atoms with Gasteiger partial charge in [0.05, 0.1) is 14.2 Å². The van der Waals surface area contributed by atoms with Gasteiger partial charge in [-0.2, -0.15) is 0 Å². The van der Waals surface area contributed by atoms with Gasteiger partial charge in [-0.25, -0.2) is 0 Å². The fourth-order valence-corrected chi connectivity index (χ4v) is 4.28. The number of rotatable bonds is 4. The van der Waals surface area contributed by atoms with Crippen molar-refractivity contribution in [2.24, 2.45) is 0 Å². The highest BCUT2D eigenvalue weighted by Gasteiger charge is 2.38. The molecule has 2 aliphatic rings. The molecule has 1 N–H and O–H groups in total. The van der Waals surface area contributed by atoms with E-state index >= 15 is 0 Å². The molecule has 0 unspecified atom stereocenters. The van der Waals surface area contributed by atoms with E-state index in [1.807, 2.05) is 48.5 Å². The number of amides is 1. The number of methoxy groups -OCH3 is 2. The first kappa shape index (κ1) is 18.3. The lowest BCUT2D eigenvalue weighted by atomic mass is 9.73. The van der Waals surface area contributed by atoms with Crippen LogP contribution in [0, 0.1) is 0 Å². The van der Waals surface area contributed by atoms with Crippen LogP contribution in [0.4, 0.5) is 0 Å². The Morgan fingerprint density at radius 3 is 2.32 bits per heavy atom. The molecule has 5 heteroatoms. The van der Waals surface area contributed by atoms with E-state index in [4.69, 9.17) is 9.47 Å². The Bertz CT molecular complexity index is 948. The topological polar surface area (TPSA) is 64.6 Å². The third-order valence-electron chi connectivity index (χ3n) is 5.62. The summed E-state index contributed by atoms with van der Waals surface area (Å²) in [4.78, 5) is 25.5. The molecule has 2 aromatic rings. The molecule has 0 saturated heterocycles. The summed E-state index contributed by atoms with van der Waals surface area (Å²) in [7, 11) is 3.16. The molecule has 1 aliphatic heterocycles. The van der Waals surface area contributed by atoms with Crippen molar-refractivity contribution in [2.75, 3.05) is 14.2 Å². The molecule has 0 saturated carbocycles. The number of Topliss-reactive ketones (excluding diaryl/α,β-unsaturated/α-hetero) is 1. The molecular weight excluding hydrogens is 354 g/mol. The highest BCUT2D eigenvalue weighted by molar-refractivity contribution is 6.02. The number of ketones is 1. The van der Waals surface area contributed by atoms with Crippen molar-refractivity contribution in [2.45, 2.75) is 31.1 Å². The van der Waals surface area contributed by atoms with E-state index in [0.717, 1.165) is 22.4 Å². The molecule has 0 aromatic heterocycles. The first-order valence-corrected chi connectivity index (χ1v) is 9.43. The van der Waals surface area contributed by atoms with Gasteiger partial charge >= 0.3 is 0 Å². The van der Waals surface area contributed by atoms with Gasteiger partial charge in [-0.15, -0.1) is 0 Å². The number of benzene rings is 2. The second-order valence-corrected chi connectivity index (χ2v) is 7.25. The lowest BCUT2D eigenvalue weighted by Crippen LogP contribution is -2.38. The average Bonchev–Trinajstić information content (AvgIpc) is 2.72. The third kappa shape index (κ3) is 3.28. The van der Waals surface area contributed by atoms with Crippen LogP contribution in [0.1, 0.15) is 42.2 Å². The van der Waals surface area contributed by atoms with Crippen molar-refractivity contribution in [1.29, 1.82) is 0 Å². The average molecular weight is 377 g/mol. The van der Waals surface area contributed by atoms with Crippen LogP contribution in [-0.2, 0) is 9.59 Å². The van der Waals surface area contributed by atoms with Gasteiger partial charge in [0.25, 0.3) is 0 Å². The van der Waals surface area contributed by atoms with E-state index in [1.54, 1.807) is 14.2 Å². The molecule has 0 fully saturated rings. The third-order valence-corrected chi connectivity index (χ3v) is 5.62. The maximum Gasteiger partial charge on any atom is 0.225 e. The predicted octanol–water partition coefficient (Wildman–Crippen LogP) is 3.71. The molecule has 144 valence electrons. The van der Waals surface area contributed by atoms with E-state index in [1.165, 1.54) is 0 Å². The summed E-state index contributed by atoms with van der Waals surface area (Å²) in [6.45, 7) is 0. The van der Waals surface area contributed by atoms with Gasteiger partial charge in [-0.3, -0.25) is 9.59 Å².